The molecule has 0 spiro atoms. The summed E-state index contributed by atoms with van der Waals surface area (Å²) >= 11 is 0. The summed E-state index contributed by atoms with van der Waals surface area (Å²) in [6.07, 6.45) is -3.66. The van der Waals surface area contributed by atoms with Crippen LogP contribution in [0.5, 0.6) is 0 Å². The Bertz CT molecular complexity index is 898. The fourth-order valence-electron chi connectivity index (χ4n) is 7.24. The van der Waals surface area contributed by atoms with E-state index in [1.807, 2.05) is 20.8 Å². The van der Waals surface area contributed by atoms with Crippen molar-refractivity contribution in [1.29, 1.82) is 0 Å². The zero-order valence-electron chi connectivity index (χ0n) is 23.9. The molecule has 218 valence electrons. The number of esters is 3. The van der Waals surface area contributed by atoms with Gasteiger partial charge in [-0.2, -0.15) is 0 Å². The first-order valence-electron chi connectivity index (χ1n) is 13.8. The van der Waals surface area contributed by atoms with Crippen LogP contribution < -0.4 is 0 Å². The van der Waals surface area contributed by atoms with Crippen LogP contribution in [0.1, 0.15) is 87.5 Å². The quantitative estimate of drug-likeness (QED) is 0.337. The van der Waals surface area contributed by atoms with E-state index in [4.69, 9.17) is 18.9 Å². The van der Waals surface area contributed by atoms with Crippen molar-refractivity contribution >= 4 is 17.9 Å². The Kier molecular flexibility index (Phi) is 8.93. The van der Waals surface area contributed by atoms with Gasteiger partial charge in [0.05, 0.1) is 17.8 Å². The lowest BCUT2D eigenvalue weighted by Crippen LogP contribution is -2.68. The Morgan fingerprint density at radius 1 is 1.05 bits per heavy atom. The van der Waals surface area contributed by atoms with Gasteiger partial charge in [0.15, 0.2) is 6.10 Å². The molecular formula is C28H46O10. The normalized spacial score (nSPS) is 44.8. The van der Waals surface area contributed by atoms with Gasteiger partial charge in [0, 0.05) is 44.4 Å². The summed E-state index contributed by atoms with van der Waals surface area (Å²) in [7, 11) is 0. The lowest BCUT2D eigenvalue weighted by Gasteiger charge is -2.55. The third-order valence-electron chi connectivity index (χ3n) is 8.87. The van der Waals surface area contributed by atoms with Crippen molar-refractivity contribution < 1.29 is 48.7 Å². The molecule has 0 aromatic rings. The molecule has 3 aliphatic rings. The Morgan fingerprint density at radius 3 is 2.18 bits per heavy atom. The maximum Gasteiger partial charge on any atom is 0.306 e. The lowest BCUT2D eigenvalue weighted by atomic mass is 9.55. The van der Waals surface area contributed by atoms with Gasteiger partial charge in [0.1, 0.15) is 23.4 Å². The van der Waals surface area contributed by atoms with Crippen molar-refractivity contribution in [1.82, 2.24) is 0 Å². The Hall–Kier alpha value is -1.75. The van der Waals surface area contributed by atoms with Crippen molar-refractivity contribution in [2.24, 2.45) is 23.7 Å². The summed E-state index contributed by atoms with van der Waals surface area (Å²) in [5.74, 6) is -3.37. The van der Waals surface area contributed by atoms with E-state index in [2.05, 4.69) is 0 Å². The second-order valence-corrected chi connectivity index (χ2v) is 12.5. The molecule has 10 nitrogen and oxygen atoms in total. The van der Waals surface area contributed by atoms with Crippen molar-refractivity contribution in [2.45, 2.75) is 135 Å². The van der Waals surface area contributed by atoms with E-state index in [1.165, 1.54) is 27.7 Å². The number of rotatable bonds is 6. The van der Waals surface area contributed by atoms with Crippen molar-refractivity contribution in [3.8, 4) is 0 Å². The molecule has 0 radical (unpaired) electrons. The third kappa shape index (κ3) is 5.74. The number of aliphatic hydroxyl groups excluding tert-OH is 1. The lowest BCUT2D eigenvalue weighted by molar-refractivity contribution is -0.242. The van der Waals surface area contributed by atoms with Gasteiger partial charge in [0.2, 0.25) is 0 Å². The molecule has 2 saturated heterocycles. The van der Waals surface area contributed by atoms with E-state index in [9.17, 15) is 29.7 Å². The molecule has 0 unspecified atom stereocenters. The van der Waals surface area contributed by atoms with E-state index in [0.717, 1.165) is 0 Å². The monoisotopic (exact) mass is 542 g/mol. The van der Waals surface area contributed by atoms with E-state index < -0.39 is 83.0 Å². The molecule has 3 N–H and O–H groups in total. The van der Waals surface area contributed by atoms with Crippen LogP contribution >= 0.6 is 0 Å². The van der Waals surface area contributed by atoms with Crippen LogP contribution in [0.3, 0.4) is 0 Å². The SMILES string of the molecule is CCCC(=O)O[C@@]1(C)CC[C@H](O)[C@@](C)(O)C[C@H]2O[C@@H]1[C@@H]1[C@@H](C(C)C)[C@H](OC(C)=O)[C@@H](OC(C)=O)[C@@](C)(O)[C@@H]12. The molecule has 0 amide bonds. The summed E-state index contributed by atoms with van der Waals surface area (Å²) < 4.78 is 24.1. The van der Waals surface area contributed by atoms with Crippen LogP contribution in [0.2, 0.25) is 0 Å². The molecule has 2 aliphatic heterocycles. The van der Waals surface area contributed by atoms with Gasteiger partial charge < -0.3 is 34.3 Å². The Morgan fingerprint density at radius 2 is 1.66 bits per heavy atom. The third-order valence-corrected chi connectivity index (χ3v) is 8.87. The average Bonchev–Trinajstić information content (AvgIpc) is 3.14. The van der Waals surface area contributed by atoms with Crippen LogP contribution in [0.25, 0.3) is 0 Å². The van der Waals surface area contributed by atoms with Gasteiger partial charge in [-0.3, -0.25) is 14.4 Å². The molecule has 1 saturated carbocycles. The summed E-state index contributed by atoms with van der Waals surface area (Å²) in [6, 6.07) is 0. The smallest absolute Gasteiger partial charge is 0.306 e. The molecule has 0 aromatic heterocycles. The van der Waals surface area contributed by atoms with Gasteiger partial charge in [-0.15, -0.1) is 0 Å². The van der Waals surface area contributed by atoms with E-state index in [0.29, 0.717) is 6.42 Å². The molecule has 1 aliphatic carbocycles. The topological polar surface area (TPSA) is 149 Å². The highest BCUT2D eigenvalue weighted by Crippen LogP contribution is 2.58. The first-order valence-corrected chi connectivity index (χ1v) is 13.8. The maximum absolute atomic E-state index is 12.8. The minimum Gasteiger partial charge on any atom is -0.458 e. The summed E-state index contributed by atoms with van der Waals surface area (Å²) in [5.41, 5.74) is -4.50. The largest absolute Gasteiger partial charge is 0.458 e. The van der Waals surface area contributed by atoms with Crippen molar-refractivity contribution in [3.05, 3.63) is 0 Å². The molecule has 0 aromatic carbocycles. The number of carbonyl (C=O) groups excluding carboxylic acids is 3. The molecule has 3 rings (SSSR count). The standard InChI is InChI=1S/C28H46O10/c1-9-10-19(32)38-27(7)12-11-18(31)26(6,33)13-17-22-21(24(27)37-17)20(14(2)3)23(35-15(4)29)25(28(22,8)34)36-16(5)30/h14,17-18,20-25,31,33-34H,9-13H2,1-8H3/t17-,18+,20-,21-,22-,23+,24-,25-,26+,27+,28+/m1/s1. The van der Waals surface area contributed by atoms with Gasteiger partial charge >= 0.3 is 17.9 Å². The molecule has 2 bridgehead atoms. The number of aliphatic hydroxyl groups is 3. The first kappa shape index (κ1) is 30.8. The second kappa shape index (κ2) is 11.0. The highest BCUT2D eigenvalue weighted by Gasteiger charge is 2.70. The molecule has 10 heteroatoms. The highest BCUT2D eigenvalue weighted by atomic mass is 16.6. The van der Waals surface area contributed by atoms with Gasteiger partial charge in [-0.1, -0.05) is 20.8 Å². The number of ether oxygens (including phenoxy) is 4. The highest BCUT2D eigenvalue weighted by molar-refractivity contribution is 5.70. The zero-order chi connectivity index (χ0) is 28.8. The molecule has 11 atom stereocenters. The Labute approximate surface area is 225 Å². The summed E-state index contributed by atoms with van der Waals surface area (Å²) in [6.45, 7) is 13.1. The fraction of sp³-hybridized carbons (Fsp3) is 0.893. The summed E-state index contributed by atoms with van der Waals surface area (Å²) in [5, 5.41) is 34.3. The Balaban J connectivity index is 2.24. The molecule has 38 heavy (non-hydrogen) atoms. The number of hydrogen-bond donors (Lipinski definition) is 3. The zero-order valence-corrected chi connectivity index (χ0v) is 23.9. The van der Waals surface area contributed by atoms with E-state index >= 15 is 0 Å². The van der Waals surface area contributed by atoms with E-state index in [-0.39, 0.29) is 31.6 Å². The number of hydrogen-bond acceptors (Lipinski definition) is 10. The van der Waals surface area contributed by atoms with Crippen LogP contribution in [-0.4, -0.2) is 80.6 Å². The predicted molar refractivity (Wildman–Crippen MR) is 136 cm³/mol. The van der Waals surface area contributed by atoms with Crippen LogP contribution in [0.4, 0.5) is 0 Å². The van der Waals surface area contributed by atoms with Crippen LogP contribution in [0, 0.1) is 23.7 Å². The van der Waals surface area contributed by atoms with Crippen LogP contribution in [-0.2, 0) is 33.3 Å². The van der Waals surface area contributed by atoms with Crippen molar-refractivity contribution in [2.75, 3.05) is 0 Å². The molecular weight excluding hydrogens is 496 g/mol. The van der Waals surface area contributed by atoms with Gasteiger partial charge in [-0.05, 0) is 46.0 Å². The van der Waals surface area contributed by atoms with Gasteiger partial charge in [0.25, 0.3) is 0 Å². The second-order valence-electron chi connectivity index (χ2n) is 12.5. The molecule has 3 fully saturated rings. The fourth-order valence-corrected chi connectivity index (χ4v) is 7.24. The maximum atomic E-state index is 12.8. The van der Waals surface area contributed by atoms with Crippen molar-refractivity contribution in [3.63, 3.8) is 0 Å². The number of fused-ring (bicyclic) bond motifs is 5. The van der Waals surface area contributed by atoms with Crippen LogP contribution in [0.15, 0.2) is 0 Å². The predicted octanol–water partition coefficient (Wildman–Crippen LogP) is 2.28. The average molecular weight is 543 g/mol. The first-order chi connectivity index (χ1) is 17.5. The minimum absolute atomic E-state index is 0.00317. The van der Waals surface area contributed by atoms with E-state index in [1.54, 1.807) is 6.92 Å². The summed E-state index contributed by atoms with van der Waals surface area (Å²) in [4.78, 5) is 37.2. The molecule has 2 heterocycles. The van der Waals surface area contributed by atoms with Gasteiger partial charge in [-0.25, -0.2) is 0 Å². The number of carbonyl (C=O) groups is 3. The minimum atomic E-state index is -1.74.